The van der Waals surface area contributed by atoms with E-state index in [1.165, 1.54) is 18.4 Å². The Balaban J connectivity index is 2.25. The largest absolute Gasteiger partial charge is 0.389 e. The molecule has 0 radical (unpaired) electrons. The molecule has 2 nitrogen and oxygen atoms in total. The molecule has 1 aromatic rings. The predicted octanol–water partition coefficient (Wildman–Crippen LogP) is 2.42. The van der Waals surface area contributed by atoms with Crippen molar-refractivity contribution in [2.45, 2.75) is 31.3 Å². The Bertz CT molecular complexity index is 340. The average Bonchev–Trinajstić information content (AvgIpc) is 3.00. The summed E-state index contributed by atoms with van der Waals surface area (Å²) >= 11 is 0. The zero-order valence-electron chi connectivity index (χ0n) is 9.36. The van der Waals surface area contributed by atoms with Gasteiger partial charge >= 0.3 is 0 Å². The molecule has 82 valence electrons. The second-order valence-corrected chi connectivity index (χ2v) is 4.51. The van der Waals surface area contributed by atoms with Crippen molar-refractivity contribution in [1.82, 2.24) is 0 Å². The van der Waals surface area contributed by atoms with E-state index >= 15 is 0 Å². The van der Waals surface area contributed by atoms with Gasteiger partial charge in [-0.15, -0.1) is 0 Å². The van der Waals surface area contributed by atoms with E-state index in [0.29, 0.717) is 0 Å². The fourth-order valence-electron chi connectivity index (χ4n) is 2.07. The summed E-state index contributed by atoms with van der Waals surface area (Å²) in [5.41, 5.74) is 2.54. The fourth-order valence-corrected chi connectivity index (χ4v) is 2.07. The maximum absolute atomic E-state index is 9.53. The molecule has 2 rings (SSSR count). The zero-order valence-corrected chi connectivity index (χ0v) is 9.36. The lowest BCUT2D eigenvalue weighted by Gasteiger charge is -2.16. The van der Waals surface area contributed by atoms with E-state index in [4.69, 9.17) is 4.74 Å². The van der Waals surface area contributed by atoms with Crippen LogP contribution >= 0.6 is 0 Å². The quantitative estimate of drug-likeness (QED) is 0.819. The summed E-state index contributed by atoms with van der Waals surface area (Å²) in [6.07, 6.45) is 2.01. The van der Waals surface area contributed by atoms with Crippen LogP contribution in [0.25, 0.3) is 0 Å². The van der Waals surface area contributed by atoms with Crippen LogP contribution in [-0.2, 0) is 10.2 Å². The number of methoxy groups -OCH3 is 1. The third-order valence-corrected chi connectivity index (χ3v) is 3.26. The Labute approximate surface area is 90.9 Å². The lowest BCUT2D eigenvalue weighted by atomic mass is 9.94. The molecular formula is C13H18O2. The Morgan fingerprint density at radius 1 is 1.47 bits per heavy atom. The second kappa shape index (κ2) is 3.95. The topological polar surface area (TPSA) is 29.5 Å². The maximum Gasteiger partial charge on any atom is 0.0762 e. The van der Waals surface area contributed by atoms with Gasteiger partial charge in [0.25, 0.3) is 0 Å². The third kappa shape index (κ3) is 2.06. The molecule has 1 fully saturated rings. The van der Waals surface area contributed by atoms with Gasteiger partial charge in [-0.05, 0) is 30.9 Å². The molecule has 1 N–H and O–H groups in total. The molecule has 0 aliphatic heterocycles. The molecule has 0 aromatic heterocycles. The molecule has 1 saturated carbocycles. The summed E-state index contributed by atoms with van der Waals surface area (Å²) in [4.78, 5) is 0. The Kier molecular flexibility index (Phi) is 2.81. The van der Waals surface area contributed by atoms with Crippen LogP contribution < -0.4 is 0 Å². The SMILES string of the molecule is COCC1(c2cccc(C(C)O)c2)CC1. The van der Waals surface area contributed by atoms with Crippen molar-refractivity contribution in [2.24, 2.45) is 0 Å². The van der Waals surface area contributed by atoms with E-state index in [1.807, 2.05) is 12.1 Å². The highest BCUT2D eigenvalue weighted by atomic mass is 16.5. The monoisotopic (exact) mass is 206 g/mol. The van der Waals surface area contributed by atoms with E-state index in [9.17, 15) is 5.11 Å². The first-order chi connectivity index (χ1) is 7.18. The van der Waals surface area contributed by atoms with Gasteiger partial charge < -0.3 is 9.84 Å². The summed E-state index contributed by atoms with van der Waals surface area (Å²) < 4.78 is 5.26. The molecule has 0 bridgehead atoms. The molecule has 0 spiro atoms. The molecule has 1 aromatic carbocycles. The summed E-state index contributed by atoms with van der Waals surface area (Å²) in [6.45, 7) is 2.59. The summed E-state index contributed by atoms with van der Waals surface area (Å²) in [5, 5.41) is 9.53. The van der Waals surface area contributed by atoms with Gasteiger partial charge in [0.05, 0.1) is 12.7 Å². The Morgan fingerprint density at radius 3 is 2.73 bits per heavy atom. The summed E-state index contributed by atoms with van der Waals surface area (Å²) in [5.74, 6) is 0. The number of ether oxygens (including phenoxy) is 1. The maximum atomic E-state index is 9.53. The van der Waals surface area contributed by atoms with Crippen LogP contribution in [0.5, 0.6) is 0 Å². The molecule has 0 amide bonds. The van der Waals surface area contributed by atoms with Gasteiger partial charge in [0.1, 0.15) is 0 Å². The highest BCUT2D eigenvalue weighted by Crippen LogP contribution is 2.48. The van der Waals surface area contributed by atoms with Crippen molar-refractivity contribution in [3.63, 3.8) is 0 Å². The van der Waals surface area contributed by atoms with Gasteiger partial charge in [0.15, 0.2) is 0 Å². The summed E-state index contributed by atoms with van der Waals surface area (Å²) in [6, 6.07) is 8.23. The highest BCUT2D eigenvalue weighted by Gasteiger charge is 2.44. The van der Waals surface area contributed by atoms with Gasteiger partial charge in [0.2, 0.25) is 0 Å². The molecule has 1 aliphatic carbocycles. The van der Waals surface area contributed by atoms with Crippen molar-refractivity contribution >= 4 is 0 Å². The first-order valence-corrected chi connectivity index (χ1v) is 5.45. The number of benzene rings is 1. The Hall–Kier alpha value is -0.860. The van der Waals surface area contributed by atoms with Crippen molar-refractivity contribution < 1.29 is 9.84 Å². The molecule has 1 unspecified atom stereocenters. The molecule has 1 aliphatic rings. The third-order valence-electron chi connectivity index (χ3n) is 3.26. The summed E-state index contributed by atoms with van der Waals surface area (Å²) in [7, 11) is 1.75. The molecule has 2 heteroatoms. The van der Waals surface area contributed by atoms with Gasteiger partial charge in [0, 0.05) is 12.5 Å². The number of hydrogen-bond acceptors (Lipinski definition) is 2. The number of aliphatic hydroxyl groups is 1. The van der Waals surface area contributed by atoms with Gasteiger partial charge in [-0.3, -0.25) is 0 Å². The normalized spacial score (nSPS) is 19.9. The molecular weight excluding hydrogens is 188 g/mol. The van der Waals surface area contributed by atoms with Crippen LogP contribution in [0.4, 0.5) is 0 Å². The van der Waals surface area contributed by atoms with Crippen LogP contribution in [0.1, 0.15) is 37.0 Å². The standard InChI is InChI=1S/C13H18O2/c1-10(14)11-4-3-5-12(8-11)13(6-7-13)9-15-2/h3-5,8,10,14H,6-7,9H2,1-2H3. The van der Waals surface area contributed by atoms with Gasteiger partial charge in [-0.25, -0.2) is 0 Å². The van der Waals surface area contributed by atoms with E-state index < -0.39 is 0 Å². The first kappa shape index (κ1) is 10.7. The fraction of sp³-hybridized carbons (Fsp3) is 0.538. The smallest absolute Gasteiger partial charge is 0.0762 e. The number of rotatable bonds is 4. The predicted molar refractivity (Wildman–Crippen MR) is 59.9 cm³/mol. The van der Waals surface area contributed by atoms with Crippen molar-refractivity contribution in [3.05, 3.63) is 35.4 Å². The van der Waals surface area contributed by atoms with Crippen LogP contribution in [0.15, 0.2) is 24.3 Å². The Morgan fingerprint density at radius 2 is 2.20 bits per heavy atom. The lowest BCUT2D eigenvalue weighted by molar-refractivity contribution is 0.171. The average molecular weight is 206 g/mol. The molecule has 1 atom stereocenters. The van der Waals surface area contributed by atoms with E-state index in [0.717, 1.165) is 12.2 Å². The second-order valence-electron chi connectivity index (χ2n) is 4.51. The minimum Gasteiger partial charge on any atom is -0.389 e. The molecule has 0 saturated heterocycles. The molecule has 0 heterocycles. The zero-order chi connectivity index (χ0) is 10.9. The van der Waals surface area contributed by atoms with Crippen LogP contribution in [0, 0.1) is 0 Å². The van der Waals surface area contributed by atoms with Crippen molar-refractivity contribution in [1.29, 1.82) is 0 Å². The van der Waals surface area contributed by atoms with Crippen LogP contribution in [0.2, 0.25) is 0 Å². The number of aliphatic hydroxyl groups excluding tert-OH is 1. The van der Waals surface area contributed by atoms with E-state index in [2.05, 4.69) is 12.1 Å². The van der Waals surface area contributed by atoms with E-state index in [-0.39, 0.29) is 11.5 Å². The van der Waals surface area contributed by atoms with Crippen LogP contribution in [-0.4, -0.2) is 18.8 Å². The van der Waals surface area contributed by atoms with Crippen molar-refractivity contribution in [3.8, 4) is 0 Å². The lowest BCUT2D eigenvalue weighted by Crippen LogP contribution is -2.14. The number of hydrogen-bond donors (Lipinski definition) is 1. The van der Waals surface area contributed by atoms with E-state index in [1.54, 1.807) is 14.0 Å². The minimum atomic E-state index is -0.386. The van der Waals surface area contributed by atoms with Crippen molar-refractivity contribution in [2.75, 3.05) is 13.7 Å². The highest BCUT2D eigenvalue weighted by molar-refractivity contribution is 5.35. The van der Waals surface area contributed by atoms with Gasteiger partial charge in [-0.2, -0.15) is 0 Å². The minimum absolute atomic E-state index is 0.236. The first-order valence-electron chi connectivity index (χ1n) is 5.45. The van der Waals surface area contributed by atoms with Gasteiger partial charge in [-0.1, -0.05) is 24.3 Å². The van der Waals surface area contributed by atoms with Crippen LogP contribution in [0.3, 0.4) is 0 Å². The molecule has 15 heavy (non-hydrogen) atoms.